The third-order valence-corrected chi connectivity index (χ3v) is 4.18. The lowest BCUT2D eigenvalue weighted by Gasteiger charge is -2.19. The standard InChI is InChI=1S/C18H21NO2/c1-12(9-13-5-3-2-4-6-13)19-15-10-14-7-8-17(20)18(21)16(14)11-15/h2-8,12,15,19-21H,9-11H2,1H3. The van der Waals surface area contributed by atoms with Crippen LogP contribution in [0.4, 0.5) is 0 Å². The minimum atomic E-state index is -0.0215. The Morgan fingerprint density at radius 1 is 1.10 bits per heavy atom. The van der Waals surface area contributed by atoms with E-state index in [1.807, 2.05) is 12.1 Å². The van der Waals surface area contributed by atoms with Crippen LogP contribution in [0.3, 0.4) is 0 Å². The quantitative estimate of drug-likeness (QED) is 0.756. The average Bonchev–Trinajstić information content (AvgIpc) is 2.87. The first-order valence-corrected chi connectivity index (χ1v) is 7.46. The molecule has 0 aliphatic heterocycles. The largest absolute Gasteiger partial charge is 0.504 e. The van der Waals surface area contributed by atoms with Gasteiger partial charge in [-0.05, 0) is 43.4 Å². The molecule has 1 aliphatic rings. The number of phenolic OH excluding ortho intramolecular Hbond substituents is 2. The van der Waals surface area contributed by atoms with Crippen LogP contribution in [0.15, 0.2) is 42.5 Å². The van der Waals surface area contributed by atoms with Gasteiger partial charge >= 0.3 is 0 Å². The van der Waals surface area contributed by atoms with E-state index in [1.165, 1.54) is 5.56 Å². The van der Waals surface area contributed by atoms with Gasteiger partial charge in [-0.25, -0.2) is 0 Å². The van der Waals surface area contributed by atoms with Crippen LogP contribution in [-0.2, 0) is 19.3 Å². The average molecular weight is 283 g/mol. The molecule has 0 saturated carbocycles. The van der Waals surface area contributed by atoms with Crippen LogP contribution in [0.2, 0.25) is 0 Å². The zero-order valence-corrected chi connectivity index (χ0v) is 12.2. The predicted octanol–water partition coefficient (Wildman–Crippen LogP) is 2.79. The van der Waals surface area contributed by atoms with Crippen LogP contribution in [-0.4, -0.2) is 22.3 Å². The number of nitrogens with one attached hydrogen (secondary N) is 1. The Bertz CT molecular complexity index is 625. The molecule has 0 radical (unpaired) electrons. The van der Waals surface area contributed by atoms with Gasteiger partial charge in [-0.2, -0.15) is 0 Å². The minimum Gasteiger partial charge on any atom is -0.504 e. The van der Waals surface area contributed by atoms with Gasteiger partial charge in [-0.3, -0.25) is 0 Å². The highest BCUT2D eigenvalue weighted by Gasteiger charge is 2.26. The van der Waals surface area contributed by atoms with Crippen molar-refractivity contribution in [2.24, 2.45) is 0 Å². The van der Waals surface area contributed by atoms with E-state index in [2.05, 4.69) is 36.5 Å². The molecular formula is C18H21NO2. The summed E-state index contributed by atoms with van der Waals surface area (Å²) in [7, 11) is 0. The summed E-state index contributed by atoms with van der Waals surface area (Å²) in [5.74, 6) is 0.0271. The van der Waals surface area contributed by atoms with Gasteiger partial charge in [0.2, 0.25) is 0 Å². The highest BCUT2D eigenvalue weighted by Crippen LogP contribution is 2.36. The Balaban J connectivity index is 1.62. The summed E-state index contributed by atoms with van der Waals surface area (Å²) in [6, 6.07) is 14.6. The summed E-state index contributed by atoms with van der Waals surface area (Å²) < 4.78 is 0. The number of aromatic hydroxyl groups is 2. The van der Waals surface area contributed by atoms with Crippen LogP contribution in [0.5, 0.6) is 11.5 Å². The van der Waals surface area contributed by atoms with E-state index < -0.39 is 0 Å². The molecule has 2 aromatic rings. The molecule has 3 rings (SSSR count). The van der Waals surface area contributed by atoms with Crippen molar-refractivity contribution >= 4 is 0 Å². The van der Waals surface area contributed by atoms with E-state index in [-0.39, 0.29) is 11.5 Å². The van der Waals surface area contributed by atoms with Gasteiger partial charge in [-0.1, -0.05) is 36.4 Å². The summed E-state index contributed by atoms with van der Waals surface area (Å²) in [5, 5.41) is 23.1. The Morgan fingerprint density at radius 3 is 2.62 bits per heavy atom. The molecule has 21 heavy (non-hydrogen) atoms. The van der Waals surface area contributed by atoms with Gasteiger partial charge in [-0.15, -0.1) is 0 Å². The van der Waals surface area contributed by atoms with Crippen LogP contribution < -0.4 is 5.32 Å². The second-order valence-corrected chi connectivity index (χ2v) is 5.93. The molecule has 2 aromatic carbocycles. The third kappa shape index (κ3) is 3.03. The van der Waals surface area contributed by atoms with Crippen molar-refractivity contribution < 1.29 is 10.2 Å². The number of rotatable bonds is 4. The minimum absolute atomic E-state index is 0.0215. The second-order valence-electron chi connectivity index (χ2n) is 5.93. The lowest BCUT2D eigenvalue weighted by Crippen LogP contribution is -2.38. The van der Waals surface area contributed by atoms with Gasteiger partial charge < -0.3 is 15.5 Å². The Labute approximate surface area is 125 Å². The molecule has 2 atom stereocenters. The SMILES string of the molecule is CC(Cc1ccccc1)NC1Cc2ccc(O)c(O)c2C1. The molecule has 0 fully saturated rings. The van der Waals surface area contributed by atoms with E-state index in [1.54, 1.807) is 6.07 Å². The number of benzene rings is 2. The van der Waals surface area contributed by atoms with E-state index in [0.29, 0.717) is 12.1 Å². The van der Waals surface area contributed by atoms with Crippen molar-refractivity contribution in [3.05, 3.63) is 59.2 Å². The first kappa shape index (κ1) is 14.0. The van der Waals surface area contributed by atoms with Crippen molar-refractivity contribution in [3.63, 3.8) is 0 Å². The summed E-state index contributed by atoms with van der Waals surface area (Å²) in [4.78, 5) is 0. The maximum Gasteiger partial charge on any atom is 0.161 e. The van der Waals surface area contributed by atoms with Crippen molar-refractivity contribution in [2.75, 3.05) is 0 Å². The summed E-state index contributed by atoms with van der Waals surface area (Å²) in [6.07, 6.45) is 2.67. The number of hydrogen-bond acceptors (Lipinski definition) is 3. The third-order valence-electron chi connectivity index (χ3n) is 4.18. The maximum absolute atomic E-state index is 9.93. The van der Waals surface area contributed by atoms with Crippen LogP contribution in [0, 0.1) is 0 Å². The molecule has 3 heteroatoms. The molecule has 0 bridgehead atoms. The molecule has 0 saturated heterocycles. The highest BCUT2D eigenvalue weighted by molar-refractivity contribution is 5.51. The van der Waals surface area contributed by atoms with E-state index >= 15 is 0 Å². The van der Waals surface area contributed by atoms with Crippen LogP contribution in [0.1, 0.15) is 23.6 Å². The summed E-state index contributed by atoms with van der Waals surface area (Å²) in [6.45, 7) is 2.19. The first-order chi connectivity index (χ1) is 10.1. The molecule has 3 N–H and O–H groups in total. The van der Waals surface area contributed by atoms with Crippen molar-refractivity contribution in [1.82, 2.24) is 5.32 Å². The fraction of sp³-hybridized carbons (Fsp3) is 0.333. The van der Waals surface area contributed by atoms with Crippen LogP contribution >= 0.6 is 0 Å². The van der Waals surface area contributed by atoms with Gasteiger partial charge in [0.05, 0.1) is 0 Å². The Hall–Kier alpha value is -2.00. The van der Waals surface area contributed by atoms with Crippen molar-refractivity contribution in [1.29, 1.82) is 0 Å². The monoisotopic (exact) mass is 283 g/mol. The smallest absolute Gasteiger partial charge is 0.161 e. The Kier molecular flexibility index (Phi) is 3.84. The van der Waals surface area contributed by atoms with Gasteiger partial charge in [0.15, 0.2) is 11.5 Å². The van der Waals surface area contributed by atoms with Gasteiger partial charge in [0.1, 0.15) is 0 Å². The van der Waals surface area contributed by atoms with E-state index in [0.717, 1.165) is 30.4 Å². The van der Waals surface area contributed by atoms with E-state index in [4.69, 9.17) is 0 Å². The first-order valence-electron chi connectivity index (χ1n) is 7.46. The molecular weight excluding hydrogens is 262 g/mol. The fourth-order valence-electron chi connectivity index (χ4n) is 3.22. The van der Waals surface area contributed by atoms with Crippen molar-refractivity contribution in [3.8, 4) is 11.5 Å². The normalized spacial score (nSPS) is 18.4. The number of phenols is 2. The maximum atomic E-state index is 9.93. The molecule has 0 aromatic heterocycles. The zero-order valence-electron chi connectivity index (χ0n) is 12.2. The molecule has 3 nitrogen and oxygen atoms in total. The fourth-order valence-corrected chi connectivity index (χ4v) is 3.22. The summed E-state index contributed by atoms with van der Waals surface area (Å²) in [5.41, 5.74) is 3.35. The summed E-state index contributed by atoms with van der Waals surface area (Å²) >= 11 is 0. The lowest BCUT2D eigenvalue weighted by molar-refractivity contribution is 0.397. The number of fused-ring (bicyclic) bond motifs is 1. The molecule has 110 valence electrons. The van der Waals surface area contributed by atoms with Crippen LogP contribution in [0.25, 0.3) is 0 Å². The van der Waals surface area contributed by atoms with Gasteiger partial charge in [0.25, 0.3) is 0 Å². The topological polar surface area (TPSA) is 52.5 Å². The molecule has 0 heterocycles. The highest BCUT2D eigenvalue weighted by atomic mass is 16.3. The second kappa shape index (κ2) is 5.78. The number of hydrogen-bond donors (Lipinski definition) is 3. The lowest BCUT2D eigenvalue weighted by atomic mass is 10.1. The Morgan fingerprint density at radius 2 is 1.86 bits per heavy atom. The predicted molar refractivity (Wildman–Crippen MR) is 83.7 cm³/mol. The van der Waals surface area contributed by atoms with Gasteiger partial charge in [0, 0.05) is 17.6 Å². The molecule has 0 amide bonds. The van der Waals surface area contributed by atoms with E-state index in [9.17, 15) is 10.2 Å². The molecule has 2 unspecified atom stereocenters. The molecule has 0 spiro atoms. The molecule has 1 aliphatic carbocycles. The van der Waals surface area contributed by atoms with Crippen molar-refractivity contribution in [2.45, 2.75) is 38.3 Å². The zero-order chi connectivity index (χ0) is 14.8.